The summed E-state index contributed by atoms with van der Waals surface area (Å²) < 4.78 is 0. The van der Waals surface area contributed by atoms with Gasteiger partial charge in [-0.05, 0) is 44.7 Å². The average molecular weight is 238 g/mol. The summed E-state index contributed by atoms with van der Waals surface area (Å²) in [6.45, 7) is 4.61. The van der Waals surface area contributed by atoms with Gasteiger partial charge in [-0.3, -0.25) is 0 Å². The molecule has 1 N–H and O–H groups in total. The smallest absolute Gasteiger partial charge is 0.0113 e. The van der Waals surface area contributed by atoms with Gasteiger partial charge in [-0.1, -0.05) is 6.07 Å². The largest absolute Gasteiger partial charge is 0.313 e. The van der Waals surface area contributed by atoms with E-state index in [1.807, 2.05) is 11.3 Å². The summed E-state index contributed by atoms with van der Waals surface area (Å²) in [4.78, 5) is 3.95. The highest BCUT2D eigenvalue weighted by Crippen LogP contribution is 2.18. The van der Waals surface area contributed by atoms with Gasteiger partial charge in [0.15, 0.2) is 0 Å². The lowest BCUT2D eigenvalue weighted by Crippen LogP contribution is -2.36. The Morgan fingerprint density at radius 3 is 3.00 bits per heavy atom. The van der Waals surface area contributed by atoms with E-state index in [-0.39, 0.29) is 0 Å². The Morgan fingerprint density at radius 1 is 1.56 bits per heavy atom. The predicted molar refractivity (Wildman–Crippen MR) is 71.1 cm³/mol. The van der Waals surface area contributed by atoms with Crippen LogP contribution >= 0.6 is 11.3 Å². The summed E-state index contributed by atoms with van der Waals surface area (Å²) in [7, 11) is 2.23. The summed E-state index contributed by atoms with van der Waals surface area (Å²) in [5.41, 5.74) is 0. The fourth-order valence-electron chi connectivity index (χ4n) is 1.83. The number of nitrogens with one attached hydrogen (secondary N) is 1. The van der Waals surface area contributed by atoms with Crippen molar-refractivity contribution in [3.63, 3.8) is 0 Å². The Labute approximate surface area is 103 Å². The van der Waals surface area contributed by atoms with Crippen LogP contribution in [0.3, 0.4) is 0 Å². The molecule has 1 aliphatic carbocycles. The second-order valence-corrected chi connectivity index (χ2v) is 5.87. The molecule has 1 heterocycles. The summed E-state index contributed by atoms with van der Waals surface area (Å²) in [5.74, 6) is 0. The van der Waals surface area contributed by atoms with Crippen molar-refractivity contribution in [2.75, 3.05) is 20.1 Å². The van der Waals surface area contributed by atoms with Gasteiger partial charge in [-0.15, -0.1) is 11.3 Å². The third kappa shape index (κ3) is 3.89. The minimum atomic E-state index is 0.639. The van der Waals surface area contributed by atoms with Crippen LogP contribution in [0.1, 0.15) is 24.6 Å². The molecule has 0 saturated heterocycles. The molecule has 1 atom stereocenters. The Balaban J connectivity index is 1.64. The molecule has 2 rings (SSSR count). The monoisotopic (exact) mass is 238 g/mol. The summed E-state index contributed by atoms with van der Waals surface area (Å²) in [5, 5.41) is 5.73. The number of nitrogens with zero attached hydrogens (tertiary/aromatic N) is 1. The molecule has 0 spiro atoms. The predicted octanol–water partition coefficient (Wildman–Crippen LogP) is 2.36. The molecule has 1 fully saturated rings. The molecule has 1 aliphatic rings. The van der Waals surface area contributed by atoms with Gasteiger partial charge in [0, 0.05) is 30.1 Å². The molecule has 0 aliphatic heterocycles. The molecule has 0 bridgehead atoms. The molecule has 0 amide bonds. The molecule has 1 aromatic rings. The van der Waals surface area contributed by atoms with Gasteiger partial charge in [0.2, 0.25) is 0 Å². The Morgan fingerprint density at radius 2 is 2.38 bits per heavy atom. The molecule has 1 saturated carbocycles. The van der Waals surface area contributed by atoms with Crippen molar-refractivity contribution >= 4 is 11.3 Å². The van der Waals surface area contributed by atoms with Crippen molar-refractivity contribution in [2.24, 2.45) is 0 Å². The average Bonchev–Trinajstić information content (AvgIpc) is 2.95. The first-order valence-corrected chi connectivity index (χ1v) is 7.09. The van der Waals surface area contributed by atoms with Crippen LogP contribution < -0.4 is 5.32 Å². The fourth-order valence-corrected chi connectivity index (χ4v) is 2.66. The van der Waals surface area contributed by atoms with Crippen LogP contribution in [0.2, 0.25) is 0 Å². The zero-order valence-electron chi connectivity index (χ0n) is 10.3. The molecule has 90 valence electrons. The van der Waals surface area contributed by atoms with E-state index in [9.17, 15) is 0 Å². The van der Waals surface area contributed by atoms with Crippen molar-refractivity contribution in [3.8, 4) is 0 Å². The third-order valence-corrected chi connectivity index (χ3v) is 4.20. The van der Waals surface area contributed by atoms with Gasteiger partial charge < -0.3 is 10.2 Å². The molecule has 0 radical (unpaired) electrons. The summed E-state index contributed by atoms with van der Waals surface area (Å²) >= 11 is 1.87. The number of likely N-dealkylation sites (N-methyl/N-ethyl adjacent to an activating group) is 1. The summed E-state index contributed by atoms with van der Waals surface area (Å²) in [6.07, 6.45) is 3.94. The van der Waals surface area contributed by atoms with Crippen LogP contribution in [-0.2, 0) is 6.42 Å². The van der Waals surface area contributed by atoms with Crippen LogP contribution in [-0.4, -0.2) is 37.1 Å². The highest BCUT2D eigenvalue weighted by molar-refractivity contribution is 7.09. The number of thiophene rings is 1. The van der Waals surface area contributed by atoms with Crippen LogP contribution in [0, 0.1) is 0 Å². The normalized spacial score (nSPS) is 17.9. The lowest BCUT2D eigenvalue weighted by molar-refractivity contribution is 0.256. The van der Waals surface area contributed by atoms with Gasteiger partial charge in [-0.25, -0.2) is 0 Å². The highest BCUT2D eigenvalue weighted by atomic mass is 32.1. The maximum atomic E-state index is 3.56. The Bertz CT molecular complexity index is 293. The van der Waals surface area contributed by atoms with Crippen molar-refractivity contribution in [3.05, 3.63) is 22.4 Å². The molecule has 2 nitrogen and oxygen atoms in total. The molecule has 0 aromatic carbocycles. The van der Waals surface area contributed by atoms with E-state index < -0.39 is 0 Å². The SMILES string of the molecule is CC(Cc1cccs1)N(C)CCNC1CC1. The number of hydrogen-bond acceptors (Lipinski definition) is 3. The van der Waals surface area contributed by atoms with E-state index in [0.29, 0.717) is 6.04 Å². The van der Waals surface area contributed by atoms with E-state index in [2.05, 4.69) is 41.7 Å². The van der Waals surface area contributed by atoms with E-state index in [1.165, 1.54) is 24.1 Å². The molecule has 1 unspecified atom stereocenters. The first-order chi connectivity index (χ1) is 7.75. The van der Waals surface area contributed by atoms with Crippen LogP contribution in [0.5, 0.6) is 0 Å². The van der Waals surface area contributed by atoms with Gasteiger partial charge in [0.05, 0.1) is 0 Å². The fraction of sp³-hybridized carbons (Fsp3) is 0.692. The van der Waals surface area contributed by atoms with Crippen LogP contribution in [0.15, 0.2) is 17.5 Å². The standard InChI is InChI=1S/C13H22N2S/c1-11(10-13-4-3-9-16-13)15(2)8-7-14-12-5-6-12/h3-4,9,11-12,14H,5-8,10H2,1-2H3. The minimum Gasteiger partial charge on any atom is -0.313 e. The first-order valence-electron chi connectivity index (χ1n) is 6.21. The minimum absolute atomic E-state index is 0.639. The second-order valence-electron chi connectivity index (χ2n) is 4.84. The van der Waals surface area contributed by atoms with Crippen LogP contribution in [0.4, 0.5) is 0 Å². The zero-order valence-corrected chi connectivity index (χ0v) is 11.1. The topological polar surface area (TPSA) is 15.3 Å². The quantitative estimate of drug-likeness (QED) is 0.784. The number of hydrogen-bond donors (Lipinski definition) is 1. The van der Waals surface area contributed by atoms with Crippen molar-refractivity contribution < 1.29 is 0 Å². The van der Waals surface area contributed by atoms with Crippen molar-refractivity contribution in [1.82, 2.24) is 10.2 Å². The Hall–Kier alpha value is -0.380. The first kappa shape index (κ1) is 12.1. The lowest BCUT2D eigenvalue weighted by atomic mass is 10.2. The zero-order chi connectivity index (χ0) is 11.4. The van der Waals surface area contributed by atoms with Gasteiger partial charge >= 0.3 is 0 Å². The molecular weight excluding hydrogens is 216 g/mol. The molecule has 3 heteroatoms. The highest BCUT2D eigenvalue weighted by Gasteiger charge is 2.20. The molecule has 16 heavy (non-hydrogen) atoms. The third-order valence-electron chi connectivity index (χ3n) is 3.30. The van der Waals surface area contributed by atoms with Crippen molar-refractivity contribution in [2.45, 2.75) is 38.3 Å². The van der Waals surface area contributed by atoms with Gasteiger partial charge in [-0.2, -0.15) is 0 Å². The Kier molecular flexibility index (Phi) is 4.38. The maximum absolute atomic E-state index is 3.56. The molecule has 1 aromatic heterocycles. The lowest BCUT2D eigenvalue weighted by Gasteiger charge is -2.24. The van der Waals surface area contributed by atoms with E-state index in [1.54, 1.807) is 0 Å². The van der Waals surface area contributed by atoms with Gasteiger partial charge in [0.1, 0.15) is 0 Å². The van der Waals surface area contributed by atoms with E-state index in [4.69, 9.17) is 0 Å². The van der Waals surface area contributed by atoms with Crippen molar-refractivity contribution in [1.29, 1.82) is 0 Å². The van der Waals surface area contributed by atoms with E-state index >= 15 is 0 Å². The van der Waals surface area contributed by atoms with E-state index in [0.717, 1.165) is 19.1 Å². The van der Waals surface area contributed by atoms with Crippen LogP contribution in [0.25, 0.3) is 0 Å². The maximum Gasteiger partial charge on any atom is 0.0113 e. The molecular formula is C13H22N2S. The van der Waals surface area contributed by atoms with Gasteiger partial charge in [0.25, 0.3) is 0 Å². The number of rotatable bonds is 7. The summed E-state index contributed by atoms with van der Waals surface area (Å²) in [6, 6.07) is 5.85. The second kappa shape index (κ2) is 5.80.